The van der Waals surface area contributed by atoms with Crippen LogP contribution in [0.2, 0.25) is 0 Å². The van der Waals surface area contributed by atoms with Crippen molar-refractivity contribution in [1.82, 2.24) is 9.97 Å². The topological polar surface area (TPSA) is 38.9 Å². The first kappa shape index (κ1) is 36.5. The molecule has 0 atom stereocenters. The number of hydrogen-bond donors (Lipinski definition) is 0. The molecule has 12 aromatic rings. The lowest BCUT2D eigenvalue weighted by atomic mass is 9.91. The van der Waals surface area contributed by atoms with E-state index in [0.717, 1.165) is 77.5 Å². The molecular formula is C60H38N2O. The summed E-state index contributed by atoms with van der Waals surface area (Å²) in [4.78, 5) is 10.4. The van der Waals surface area contributed by atoms with Crippen molar-refractivity contribution >= 4 is 43.5 Å². The van der Waals surface area contributed by atoms with E-state index in [4.69, 9.17) is 14.4 Å². The molecule has 0 spiro atoms. The second-order valence-electron chi connectivity index (χ2n) is 16.1. The maximum Gasteiger partial charge on any atom is 0.160 e. The monoisotopic (exact) mass is 802 g/mol. The molecule has 0 N–H and O–H groups in total. The highest BCUT2D eigenvalue weighted by Gasteiger charge is 2.19. The maximum atomic E-state index is 6.75. The number of aromatic nitrogens is 2. The van der Waals surface area contributed by atoms with Crippen molar-refractivity contribution in [3.8, 4) is 78.4 Å². The fourth-order valence-corrected chi connectivity index (χ4v) is 9.17. The van der Waals surface area contributed by atoms with Gasteiger partial charge in [-0.25, -0.2) is 9.97 Å². The molecular weight excluding hydrogens is 765 g/mol. The zero-order valence-corrected chi connectivity index (χ0v) is 34.2. The van der Waals surface area contributed by atoms with Gasteiger partial charge in [0.1, 0.15) is 11.2 Å². The Morgan fingerprint density at radius 1 is 0.286 bits per heavy atom. The highest BCUT2D eigenvalue weighted by atomic mass is 16.3. The van der Waals surface area contributed by atoms with Crippen molar-refractivity contribution < 1.29 is 4.42 Å². The third-order valence-electron chi connectivity index (χ3n) is 12.3. The summed E-state index contributed by atoms with van der Waals surface area (Å²) < 4.78 is 6.75. The van der Waals surface area contributed by atoms with E-state index in [9.17, 15) is 0 Å². The molecule has 0 aliphatic rings. The van der Waals surface area contributed by atoms with Gasteiger partial charge in [-0.15, -0.1) is 0 Å². The summed E-state index contributed by atoms with van der Waals surface area (Å²) in [7, 11) is 0. The summed E-state index contributed by atoms with van der Waals surface area (Å²) in [6.07, 6.45) is 0. The first-order valence-electron chi connectivity index (χ1n) is 21.4. The van der Waals surface area contributed by atoms with Gasteiger partial charge in [-0.1, -0.05) is 212 Å². The lowest BCUT2D eigenvalue weighted by Gasteiger charge is -2.12. The Labute approximate surface area is 365 Å². The van der Waals surface area contributed by atoms with E-state index in [1.54, 1.807) is 0 Å². The Morgan fingerprint density at radius 2 is 0.762 bits per heavy atom. The Morgan fingerprint density at radius 3 is 1.41 bits per heavy atom. The third-order valence-corrected chi connectivity index (χ3v) is 12.3. The Hall–Kier alpha value is -8.40. The largest absolute Gasteiger partial charge is 0.455 e. The fraction of sp³-hybridized carbons (Fsp3) is 0. The second-order valence-corrected chi connectivity index (χ2v) is 16.1. The second kappa shape index (κ2) is 15.3. The van der Waals surface area contributed by atoms with Crippen LogP contribution in [0.5, 0.6) is 0 Å². The molecule has 63 heavy (non-hydrogen) atoms. The first-order valence-corrected chi connectivity index (χ1v) is 21.4. The molecule has 0 radical (unpaired) electrons. The highest BCUT2D eigenvalue weighted by molar-refractivity contribution is 6.23. The van der Waals surface area contributed by atoms with Crippen LogP contribution in [0.1, 0.15) is 0 Å². The highest BCUT2D eigenvalue weighted by Crippen LogP contribution is 2.44. The van der Waals surface area contributed by atoms with Gasteiger partial charge in [-0.2, -0.15) is 0 Å². The minimum absolute atomic E-state index is 0.684. The van der Waals surface area contributed by atoms with Crippen molar-refractivity contribution in [2.24, 2.45) is 0 Å². The number of fused-ring (bicyclic) bond motifs is 6. The normalized spacial score (nSPS) is 11.5. The van der Waals surface area contributed by atoms with Crippen LogP contribution in [0, 0.1) is 0 Å². The van der Waals surface area contributed by atoms with Crippen LogP contribution >= 0.6 is 0 Å². The molecule has 12 rings (SSSR count). The van der Waals surface area contributed by atoms with Gasteiger partial charge in [0.15, 0.2) is 5.82 Å². The van der Waals surface area contributed by atoms with E-state index in [0.29, 0.717) is 5.82 Å². The molecule has 10 aromatic carbocycles. The summed E-state index contributed by atoms with van der Waals surface area (Å²) in [6.45, 7) is 0. The third kappa shape index (κ3) is 6.55. The molecule has 0 amide bonds. The lowest BCUT2D eigenvalue weighted by Crippen LogP contribution is -1.96. The number of rotatable bonds is 7. The van der Waals surface area contributed by atoms with Crippen molar-refractivity contribution in [2.45, 2.75) is 0 Å². The molecule has 0 saturated heterocycles. The Balaban J connectivity index is 0.975. The van der Waals surface area contributed by atoms with Gasteiger partial charge in [0.2, 0.25) is 0 Å². The minimum Gasteiger partial charge on any atom is -0.455 e. The number of hydrogen-bond acceptors (Lipinski definition) is 3. The first-order chi connectivity index (χ1) is 31.2. The van der Waals surface area contributed by atoms with E-state index in [1.165, 1.54) is 38.6 Å². The van der Waals surface area contributed by atoms with Crippen LogP contribution in [-0.2, 0) is 0 Å². The molecule has 0 bridgehead atoms. The minimum atomic E-state index is 0.684. The number of benzene rings is 10. The van der Waals surface area contributed by atoms with Crippen molar-refractivity contribution in [2.75, 3.05) is 0 Å². The summed E-state index contributed by atoms with van der Waals surface area (Å²) in [5, 5.41) is 6.91. The number of furan rings is 1. The van der Waals surface area contributed by atoms with Gasteiger partial charge in [0.25, 0.3) is 0 Å². The van der Waals surface area contributed by atoms with Gasteiger partial charge >= 0.3 is 0 Å². The van der Waals surface area contributed by atoms with Gasteiger partial charge < -0.3 is 4.42 Å². The number of nitrogens with zero attached hydrogens (tertiary/aromatic N) is 2. The summed E-state index contributed by atoms with van der Waals surface area (Å²) in [6, 6.07) is 81.6. The zero-order valence-electron chi connectivity index (χ0n) is 34.2. The molecule has 3 nitrogen and oxygen atoms in total. The van der Waals surface area contributed by atoms with Crippen LogP contribution in [0.4, 0.5) is 0 Å². The van der Waals surface area contributed by atoms with E-state index in [2.05, 4.69) is 218 Å². The Bertz CT molecular complexity index is 3520. The average molecular weight is 803 g/mol. The fourth-order valence-electron chi connectivity index (χ4n) is 9.17. The van der Waals surface area contributed by atoms with Crippen molar-refractivity contribution in [3.05, 3.63) is 231 Å². The summed E-state index contributed by atoms with van der Waals surface area (Å²) >= 11 is 0. The molecule has 3 heteroatoms. The summed E-state index contributed by atoms with van der Waals surface area (Å²) in [5.41, 5.74) is 15.9. The predicted molar refractivity (Wildman–Crippen MR) is 262 cm³/mol. The quantitative estimate of drug-likeness (QED) is 0.161. The van der Waals surface area contributed by atoms with Gasteiger partial charge in [-0.3, -0.25) is 0 Å². The van der Waals surface area contributed by atoms with E-state index < -0.39 is 0 Å². The van der Waals surface area contributed by atoms with Gasteiger partial charge in [-0.05, 0) is 78.9 Å². The van der Waals surface area contributed by atoms with Gasteiger partial charge in [0, 0.05) is 32.8 Å². The molecule has 0 aliphatic heterocycles. The Kier molecular flexibility index (Phi) is 8.83. The van der Waals surface area contributed by atoms with Crippen molar-refractivity contribution in [1.29, 1.82) is 0 Å². The van der Waals surface area contributed by atoms with E-state index in [-0.39, 0.29) is 0 Å². The average Bonchev–Trinajstić information content (AvgIpc) is 3.76. The van der Waals surface area contributed by atoms with E-state index in [1.807, 2.05) is 12.1 Å². The van der Waals surface area contributed by atoms with Crippen molar-refractivity contribution in [3.63, 3.8) is 0 Å². The van der Waals surface area contributed by atoms with Crippen LogP contribution in [-0.4, -0.2) is 9.97 Å². The smallest absolute Gasteiger partial charge is 0.160 e. The SMILES string of the molecule is c1ccc(-c2ccc(-c3cc(-c4ccc(-c5cc6c(oc7cccc(-c8cccc9ccccc89)c76)c6ccccc56)cc4)nc(-c4ccc(-c5ccccc5)cc4)n3)cc2)cc1. The predicted octanol–water partition coefficient (Wildman–Crippen LogP) is 16.4. The van der Waals surface area contributed by atoms with Crippen LogP contribution < -0.4 is 0 Å². The standard InChI is InChI=1S/C60H38N2O/c1-3-13-39(14-4-1)41-25-31-45(32-26-41)55-38-56(62-60(61-55)47-35-27-42(28-36-47)40-15-5-2-6-16-40)46-33-29-44(30-34-46)53-37-54-58-51(49-22-11-18-43-17-7-8-19-48(43)49)23-12-24-57(58)63-59(54)52-21-10-9-20-50(52)53/h1-38H. The molecule has 294 valence electrons. The van der Waals surface area contributed by atoms with E-state index >= 15 is 0 Å². The van der Waals surface area contributed by atoms with Crippen LogP contribution in [0.3, 0.4) is 0 Å². The molecule has 0 saturated carbocycles. The molecule has 2 heterocycles. The maximum absolute atomic E-state index is 6.75. The zero-order chi connectivity index (χ0) is 41.7. The molecule has 0 aliphatic carbocycles. The van der Waals surface area contributed by atoms with Crippen LogP contribution in [0.25, 0.3) is 122 Å². The van der Waals surface area contributed by atoms with Crippen LogP contribution in [0.15, 0.2) is 235 Å². The molecule has 2 aromatic heterocycles. The summed E-state index contributed by atoms with van der Waals surface area (Å²) in [5.74, 6) is 0.684. The molecule has 0 unspecified atom stereocenters. The van der Waals surface area contributed by atoms with Gasteiger partial charge in [0.05, 0.1) is 11.4 Å². The molecule has 0 fully saturated rings. The lowest BCUT2D eigenvalue weighted by molar-refractivity contribution is 0.673.